The van der Waals surface area contributed by atoms with E-state index in [2.05, 4.69) is 4.74 Å². The fraction of sp³-hybridized carbons (Fsp3) is 0.455. The summed E-state index contributed by atoms with van der Waals surface area (Å²) in [7, 11) is 1.26. The van der Waals surface area contributed by atoms with Crippen LogP contribution in [0.3, 0.4) is 0 Å². The van der Waals surface area contributed by atoms with Gasteiger partial charge >= 0.3 is 11.3 Å². The topological polar surface area (TPSA) is 59.8 Å². The van der Waals surface area contributed by atoms with Gasteiger partial charge in [0.05, 0.1) is 19.9 Å². The molecule has 0 aliphatic rings. The first-order valence-corrected chi connectivity index (χ1v) is 5.35. The van der Waals surface area contributed by atoms with Gasteiger partial charge in [-0.3, -0.25) is 4.79 Å². The predicted molar refractivity (Wildman–Crippen MR) is 61.6 cm³/mol. The standard InChI is InChI=1S/C11H14ClNO4/c1-11(2,9(14)16-3)13(10(12)15)7-8-5-4-6-17-8/h4-6H,7H2,1-3H3. The maximum absolute atomic E-state index is 11.6. The third-order valence-corrected chi connectivity index (χ3v) is 2.67. The number of esters is 1. The lowest BCUT2D eigenvalue weighted by Crippen LogP contribution is -2.51. The van der Waals surface area contributed by atoms with Crippen LogP contribution in [0.5, 0.6) is 0 Å². The number of furan rings is 1. The lowest BCUT2D eigenvalue weighted by Gasteiger charge is -2.33. The van der Waals surface area contributed by atoms with E-state index in [0.29, 0.717) is 5.76 Å². The molecule has 5 nitrogen and oxygen atoms in total. The highest BCUT2D eigenvalue weighted by Crippen LogP contribution is 2.21. The summed E-state index contributed by atoms with van der Waals surface area (Å²) in [6, 6.07) is 3.39. The Bertz CT molecular complexity index is 400. The number of methoxy groups -OCH3 is 1. The number of carbonyl (C=O) groups excluding carboxylic acids is 2. The minimum atomic E-state index is -1.15. The molecule has 17 heavy (non-hydrogen) atoms. The smallest absolute Gasteiger partial charge is 0.331 e. The van der Waals surface area contributed by atoms with E-state index < -0.39 is 16.9 Å². The minimum Gasteiger partial charge on any atom is -0.467 e. The van der Waals surface area contributed by atoms with Crippen molar-refractivity contribution >= 4 is 22.9 Å². The van der Waals surface area contributed by atoms with E-state index in [1.54, 1.807) is 26.0 Å². The summed E-state index contributed by atoms with van der Waals surface area (Å²) < 4.78 is 9.76. The summed E-state index contributed by atoms with van der Waals surface area (Å²) in [4.78, 5) is 24.2. The summed E-state index contributed by atoms with van der Waals surface area (Å²) in [6.07, 6.45) is 1.48. The van der Waals surface area contributed by atoms with Crippen molar-refractivity contribution in [3.05, 3.63) is 24.2 Å². The molecule has 0 aromatic carbocycles. The fourth-order valence-corrected chi connectivity index (χ4v) is 1.67. The number of hydrogen-bond donors (Lipinski definition) is 0. The van der Waals surface area contributed by atoms with E-state index in [9.17, 15) is 9.59 Å². The second-order valence-corrected chi connectivity index (χ2v) is 4.29. The lowest BCUT2D eigenvalue weighted by atomic mass is 10.0. The molecule has 1 rings (SSSR count). The molecule has 1 aromatic rings. The largest absolute Gasteiger partial charge is 0.467 e. The molecule has 6 heteroatoms. The summed E-state index contributed by atoms with van der Waals surface area (Å²) >= 11 is 5.48. The minimum absolute atomic E-state index is 0.109. The van der Waals surface area contributed by atoms with Crippen LogP contribution in [0.15, 0.2) is 22.8 Å². The van der Waals surface area contributed by atoms with E-state index in [4.69, 9.17) is 16.0 Å². The number of rotatable bonds is 4. The molecule has 1 aromatic heterocycles. The van der Waals surface area contributed by atoms with Gasteiger partial charge in [0.15, 0.2) is 0 Å². The molecule has 0 spiro atoms. The van der Waals surface area contributed by atoms with Crippen LogP contribution in [0.2, 0.25) is 0 Å². The number of ether oxygens (including phenoxy) is 1. The van der Waals surface area contributed by atoms with E-state index in [1.807, 2.05) is 0 Å². The summed E-state index contributed by atoms with van der Waals surface area (Å²) in [5.41, 5.74) is -1.15. The van der Waals surface area contributed by atoms with Gasteiger partial charge in [0.2, 0.25) is 0 Å². The Morgan fingerprint density at radius 2 is 2.18 bits per heavy atom. The lowest BCUT2D eigenvalue weighted by molar-refractivity contribution is -0.151. The summed E-state index contributed by atoms with van der Waals surface area (Å²) in [6.45, 7) is 3.22. The van der Waals surface area contributed by atoms with Gasteiger partial charge < -0.3 is 14.1 Å². The molecule has 0 unspecified atom stereocenters. The summed E-state index contributed by atoms with van der Waals surface area (Å²) in [5.74, 6) is -0.00552. The number of carbonyl (C=O) groups is 2. The molecule has 0 aliphatic heterocycles. The first-order valence-electron chi connectivity index (χ1n) is 4.97. The molecule has 0 aliphatic carbocycles. The van der Waals surface area contributed by atoms with Gasteiger partial charge in [-0.25, -0.2) is 4.79 Å². The molecule has 0 fully saturated rings. The van der Waals surface area contributed by atoms with Gasteiger partial charge in [0.1, 0.15) is 11.3 Å². The Kier molecular flexibility index (Phi) is 4.17. The van der Waals surface area contributed by atoms with Crippen LogP contribution in [-0.2, 0) is 16.1 Å². The zero-order valence-electron chi connectivity index (χ0n) is 9.90. The van der Waals surface area contributed by atoms with Crippen LogP contribution < -0.4 is 0 Å². The van der Waals surface area contributed by atoms with Crippen LogP contribution in [0, 0.1) is 0 Å². The second kappa shape index (κ2) is 5.23. The number of nitrogens with zero attached hydrogens (tertiary/aromatic N) is 1. The molecule has 0 radical (unpaired) electrons. The quantitative estimate of drug-likeness (QED) is 0.473. The zero-order valence-corrected chi connectivity index (χ0v) is 10.7. The highest BCUT2D eigenvalue weighted by molar-refractivity contribution is 6.63. The van der Waals surface area contributed by atoms with Crippen molar-refractivity contribution in [2.45, 2.75) is 25.9 Å². The van der Waals surface area contributed by atoms with Crippen molar-refractivity contribution in [2.75, 3.05) is 7.11 Å². The molecule has 94 valence electrons. The average molecular weight is 260 g/mol. The molecule has 0 atom stereocenters. The van der Waals surface area contributed by atoms with Gasteiger partial charge in [-0.2, -0.15) is 0 Å². The zero-order chi connectivity index (χ0) is 13.1. The Morgan fingerprint density at radius 1 is 1.53 bits per heavy atom. The van der Waals surface area contributed by atoms with Gasteiger partial charge in [0, 0.05) is 0 Å². The second-order valence-electron chi connectivity index (χ2n) is 3.97. The molecule has 0 bridgehead atoms. The normalized spacial score (nSPS) is 11.1. The Morgan fingerprint density at radius 3 is 2.59 bits per heavy atom. The maximum atomic E-state index is 11.6. The summed E-state index contributed by atoms with van der Waals surface area (Å²) in [5, 5.41) is -0.739. The highest BCUT2D eigenvalue weighted by Gasteiger charge is 2.38. The Hall–Kier alpha value is -1.49. The predicted octanol–water partition coefficient (Wildman–Crippen LogP) is 2.39. The first kappa shape index (κ1) is 13.6. The maximum Gasteiger partial charge on any atom is 0.331 e. The van der Waals surface area contributed by atoms with E-state index in [-0.39, 0.29) is 6.54 Å². The molecular formula is C11H14ClNO4. The van der Waals surface area contributed by atoms with E-state index in [1.165, 1.54) is 18.3 Å². The van der Waals surface area contributed by atoms with Gasteiger partial charge in [-0.1, -0.05) is 0 Å². The molecule has 0 saturated carbocycles. The van der Waals surface area contributed by atoms with Crippen molar-refractivity contribution in [3.8, 4) is 0 Å². The van der Waals surface area contributed by atoms with Gasteiger partial charge in [0.25, 0.3) is 0 Å². The number of hydrogen-bond acceptors (Lipinski definition) is 4. The third kappa shape index (κ3) is 3.00. The van der Waals surface area contributed by atoms with Crippen LogP contribution in [-0.4, -0.2) is 28.9 Å². The Labute approximate surface area is 104 Å². The van der Waals surface area contributed by atoms with Crippen LogP contribution in [0.25, 0.3) is 0 Å². The van der Waals surface area contributed by atoms with Crippen molar-refractivity contribution in [1.29, 1.82) is 0 Å². The number of amides is 1. The van der Waals surface area contributed by atoms with Gasteiger partial charge in [-0.05, 0) is 37.6 Å². The highest BCUT2D eigenvalue weighted by atomic mass is 35.5. The number of halogens is 1. The Balaban J connectivity index is 2.93. The van der Waals surface area contributed by atoms with Crippen molar-refractivity contribution in [3.63, 3.8) is 0 Å². The van der Waals surface area contributed by atoms with Crippen molar-refractivity contribution in [1.82, 2.24) is 4.90 Å². The molecule has 0 N–H and O–H groups in total. The van der Waals surface area contributed by atoms with Crippen LogP contribution >= 0.6 is 11.6 Å². The molecule has 1 heterocycles. The molecule has 1 amide bonds. The fourth-order valence-electron chi connectivity index (χ4n) is 1.40. The van der Waals surface area contributed by atoms with Crippen LogP contribution in [0.1, 0.15) is 19.6 Å². The van der Waals surface area contributed by atoms with Crippen molar-refractivity contribution in [2.24, 2.45) is 0 Å². The van der Waals surface area contributed by atoms with E-state index in [0.717, 1.165) is 0 Å². The van der Waals surface area contributed by atoms with Gasteiger partial charge in [-0.15, -0.1) is 0 Å². The third-order valence-electron chi connectivity index (χ3n) is 2.47. The first-order chi connectivity index (χ1) is 7.89. The molecular weight excluding hydrogens is 246 g/mol. The SMILES string of the molecule is COC(=O)C(C)(C)N(Cc1ccco1)C(=O)Cl. The average Bonchev–Trinajstić information content (AvgIpc) is 2.76. The monoisotopic (exact) mass is 259 g/mol. The molecule has 0 saturated heterocycles. The van der Waals surface area contributed by atoms with Crippen LogP contribution in [0.4, 0.5) is 4.79 Å². The van der Waals surface area contributed by atoms with E-state index >= 15 is 0 Å². The van der Waals surface area contributed by atoms with Crippen molar-refractivity contribution < 1.29 is 18.7 Å².